The highest BCUT2D eigenvalue weighted by molar-refractivity contribution is 9.10. The van der Waals surface area contributed by atoms with E-state index in [4.69, 9.17) is 9.84 Å². The Bertz CT molecular complexity index is 643. The SMILES string of the molecule is Cc1cccc(OCCNc2ccc(Br)cc2C(=O)O)c1. The number of anilines is 1. The van der Waals surface area contributed by atoms with Gasteiger partial charge in [0, 0.05) is 16.7 Å². The maximum Gasteiger partial charge on any atom is 0.337 e. The van der Waals surface area contributed by atoms with Gasteiger partial charge in [-0.1, -0.05) is 28.1 Å². The molecule has 0 saturated carbocycles. The van der Waals surface area contributed by atoms with E-state index in [0.717, 1.165) is 15.8 Å². The summed E-state index contributed by atoms with van der Waals surface area (Å²) >= 11 is 3.27. The Morgan fingerprint density at radius 2 is 2.10 bits per heavy atom. The smallest absolute Gasteiger partial charge is 0.337 e. The van der Waals surface area contributed by atoms with E-state index in [9.17, 15) is 4.79 Å². The summed E-state index contributed by atoms with van der Waals surface area (Å²) in [6, 6.07) is 12.9. The van der Waals surface area contributed by atoms with Crippen LogP contribution in [0.3, 0.4) is 0 Å². The molecule has 2 aromatic rings. The number of rotatable bonds is 6. The molecule has 0 aromatic heterocycles. The van der Waals surface area contributed by atoms with Gasteiger partial charge in [-0.15, -0.1) is 0 Å². The van der Waals surface area contributed by atoms with Gasteiger partial charge in [0.25, 0.3) is 0 Å². The van der Waals surface area contributed by atoms with Crippen molar-refractivity contribution in [1.29, 1.82) is 0 Å². The van der Waals surface area contributed by atoms with Crippen molar-refractivity contribution < 1.29 is 14.6 Å². The topological polar surface area (TPSA) is 58.6 Å². The van der Waals surface area contributed by atoms with Crippen LogP contribution in [-0.2, 0) is 0 Å². The largest absolute Gasteiger partial charge is 0.492 e. The van der Waals surface area contributed by atoms with Gasteiger partial charge < -0.3 is 15.2 Å². The molecule has 0 radical (unpaired) electrons. The number of benzene rings is 2. The molecule has 2 aromatic carbocycles. The minimum atomic E-state index is -0.960. The summed E-state index contributed by atoms with van der Waals surface area (Å²) in [7, 11) is 0. The first-order valence-electron chi connectivity index (χ1n) is 6.52. The van der Waals surface area contributed by atoms with Gasteiger partial charge in [0.05, 0.1) is 5.56 Å². The predicted molar refractivity (Wildman–Crippen MR) is 86.3 cm³/mol. The third kappa shape index (κ3) is 4.49. The summed E-state index contributed by atoms with van der Waals surface area (Å²) in [6.45, 7) is 2.99. The molecule has 21 heavy (non-hydrogen) atoms. The zero-order valence-corrected chi connectivity index (χ0v) is 13.2. The minimum absolute atomic E-state index is 0.236. The lowest BCUT2D eigenvalue weighted by atomic mass is 10.2. The summed E-state index contributed by atoms with van der Waals surface area (Å²) in [6.07, 6.45) is 0. The fourth-order valence-electron chi connectivity index (χ4n) is 1.91. The van der Waals surface area contributed by atoms with E-state index < -0.39 is 5.97 Å². The first-order valence-corrected chi connectivity index (χ1v) is 7.32. The first-order chi connectivity index (χ1) is 10.1. The molecular formula is C16H16BrNO3. The lowest BCUT2D eigenvalue weighted by Gasteiger charge is -2.11. The molecule has 0 heterocycles. The monoisotopic (exact) mass is 349 g/mol. The van der Waals surface area contributed by atoms with Crippen molar-refractivity contribution in [1.82, 2.24) is 0 Å². The number of nitrogens with one attached hydrogen (secondary N) is 1. The molecule has 110 valence electrons. The van der Waals surface area contributed by atoms with Crippen LogP contribution in [0.25, 0.3) is 0 Å². The third-order valence-electron chi connectivity index (χ3n) is 2.89. The number of hydrogen-bond donors (Lipinski definition) is 2. The number of aryl methyl sites for hydroxylation is 1. The summed E-state index contributed by atoms with van der Waals surface area (Å²) in [5.74, 6) is -0.149. The molecule has 0 aliphatic rings. The second-order valence-corrected chi connectivity index (χ2v) is 5.50. The highest BCUT2D eigenvalue weighted by Gasteiger charge is 2.10. The van der Waals surface area contributed by atoms with Crippen molar-refractivity contribution in [3.05, 3.63) is 58.1 Å². The number of carboxylic acid groups (broad SMARTS) is 1. The zero-order chi connectivity index (χ0) is 15.2. The van der Waals surface area contributed by atoms with Crippen LogP contribution in [-0.4, -0.2) is 24.2 Å². The number of carboxylic acids is 1. The van der Waals surface area contributed by atoms with Crippen LogP contribution >= 0.6 is 15.9 Å². The predicted octanol–water partition coefficient (Wildman–Crippen LogP) is 3.95. The molecule has 2 N–H and O–H groups in total. The normalized spacial score (nSPS) is 10.2. The molecule has 0 aliphatic carbocycles. The van der Waals surface area contributed by atoms with E-state index >= 15 is 0 Å². The Balaban J connectivity index is 1.90. The average Bonchev–Trinajstić information content (AvgIpc) is 2.44. The van der Waals surface area contributed by atoms with Gasteiger partial charge in [-0.05, 0) is 42.8 Å². The molecule has 0 unspecified atom stereocenters. The molecule has 0 aliphatic heterocycles. The average molecular weight is 350 g/mol. The molecular weight excluding hydrogens is 334 g/mol. The van der Waals surface area contributed by atoms with Crippen LogP contribution < -0.4 is 10.1 Å². The molecule has 0 atom stereocenters. The van der Waals surface area contributed by atoms with Crippen LogP contribution in [0.5, 0.6) is 5.75 Å². The Labute approximate surface area is 131 Å². The Morgan fingerprint density at radius 3 is 2.81 bits per heavy atom. The number of ether oxygens (including phenoxy) is 1. The molecule has 2 rings (SSSR count). The standard InChI is InChI=1S/C16H16BrNO3/c1-11-3-2-4-13(9-11)21-8-7-18-15-6-5-12(17)10-14(15)16(19)20/h2-6,9-10,18H,7-8H2,1H3,(H,19,20). The van der Waals surface area contributed by atoms with Gasteiger partial charge in [0.2, 0.25) is 0 Å². The van der Waals surface area contributed by atoms with Gasteiger partial charge in [0.15, 0.2) is 0 Å². The van der Waals surface area contributed by atoms with Crippen molar-refractivity contribution in [3.63, 3.8) is 0 Å². The summed E-state index contributed by atoms with van der Waals surface area (Å²) in [4.78, 5) is 11.2. The molecule has 0 amide bonds. The van der Waals surface area contributed by atoms with Crippen LogP contribution in [0.4, 0.5) is 5.69 Å². The number of aromatic carboxylic acids is 1. The molecule has 0 spiro atoms. The lowest BCUT2D eigenvalue weighted by Crippen LogP contribution is -2.14. The van der Waals surface area contributed by atoms with E-state index in [1.165, 1.54) is 0 Å². The van der Waals surface area contributed by atoms with E-state index in [-0.39, 0.29) is 5.56 Å². The maximum absolute atomic E-state index is 11.2. The summed E-state index contributed by atoms with van der Waals surface area (Å²) in [5.41, 5.74) is 1.96. The molecule has 0 fully saturated rings. The first kappa shape index (κ1) is 15.4. The van der Waals surface area contributed by atoms with E-state index in [0.29, 0.717) is 18.8 Å². The van der Waals surface area contributed by atoms with Crippen LogP contribution in [0.1, 0.15) is 15.9 Å². The maximum atomic E-state index is 11.2. The Morgan fingerprint density at radius 1 is 1.29 bits per heavy atom. The Kier molecular flexibility index (Phi) is 5.22. The molecule has 0 saturated heterocycles. The Hall–Kier alpha value is -2.01. The minimum Gasteiger partial charge on any atom is -0.492 e. The van der Waals surface area contributed by atoms with E-state index in [1.807, 2.05) is 31.2 Å². The summed E-state index contributed by atoms with van der Waals surface area (Å²) in [5, 5.41) is 12.2. The van der Waals surface area contributed by atoms with Gasteiger partial charge >= 0.3 is 5.97 Å². The number of carbonyl (C=O) groups is 1. The van der Waals surface area contributed by atoms with Gasteiger partial charge in [-0.2, -0.15) is 0 Å². The fourth-order valence-corrected chi connectivity index (χ4v) is 2.27. The van der Waals surface area contributed by atoms with Crippen LogP contribution in [0, 0.1) is 6.92 Å². The van der Waals surface area contributed by atoms with Crippen molar-refractivity contribution >= 4 is 27.6 Å². The number of halogens is 1. The van der Waals surface area contributed by atoms with E-state index in [1.54, 1.807) is 18.2 Å². The highest BCUT2D eigenvalue weighted by Crippen LogP contribution is 2.21. The third-order valence-corrected chi connectivity index (χ3v) is 3.38. The lowest BCUT2D eigenvalue weighted by molar-refractivity contribution is 0.0698. The fraction of sp³-hybridized carbons (Fsp3) is 0.188. The van der Waals surface area contributed by atoms with Gasteiger partial charge in [-0.3, -0.25) is 0 Å². The quantitative estimate of drug-likeness (QED) is 0.775. The number of hydrogen-bond acceptors (Lipinski definition) is 3. The van der Waals surface area contributed by atoms with Crippen LogP contribution in [0.15, 0.2) is 46.9 Å². The van der Waals surface area contributed by atoms with Gasteiger partial charge in [0.1, 0.15) is 12.4 Å². The zero-order valence-electron chi connectivity index (χ0n) is 11.6. The van der Waals surface area contributed by atoms with Crippen molar-refractivity contribution in [2.75, 3.05) is 18.5 Å². The van der Waals surface area contributed by atoms with Crippen molar-refractivity contribution in [2.24, 2.45) is 0 Å². The summed E-state index contributed by atoms with van der Waals surface area (Å²) < 4.78 is 6.35. The van der Waals surface area contributed by atoms with Crippen LogP contribution in [0.2, 0.25) is 0 Å². The highest BCUT2D eigenvalue weighted by atomic mass is 79.9. The second-order valence-electron chi connectivity index (χ2n) is 4.59. The van der Waals surface area contributed by atoms with E-state index in [2.05, 4.69) is 21.2 Å². The van der Waals surface area contributed by atoms with Crippen molar-refractivity contribution in [2.45, 2.75) is 6.92 Å². The van der Waals surface area contributed by atoms with Gasteiger partial charge in [-0.25, -0.2) is 4.79 Å². The van der Waals surface area contributed by atoms with Crippen molar-refractivity contribution in [3.8, 4) is 5.75 Å². The molecule has 5 heteroatoms. The second kappa shape index (κ2) is 7.13. The molecule has 4 nitrogen and oxygen atoms in total. The molecule has 0 bridgehead atoms.